The fourth-order valence-electron chi connectivity index (χ4n) is 2.00. The molecule has 0 spiro atoms. The molecule has 0 aromatic heterocycles. The second-order valence-electron chi connectivity index (χ2n) is 5.60. The molecule has 2 N–H and O–H groups in total. The number of hydrogen-bond acceptors (Lipinski definition) is 2. The molecule has 22 heavy (non-hydrogen) atoms. The molecular formula is C17H30IN3O. The first kappa shape index (κ1) is 21.0. The van der Waals surface area contributed by atoms with Gasteiger partial charge in [0.15, 0.2) is 5.96 Å². The number of nitrogens with zero attached hydrogens (tertiary/aromatic N) is 1. The Morgan fingerprint density at radius 2 is 1.86 bits per heavy atom. The van der Waals surface area contributed by atoms with E-state index in [0.717, 1.165) is 18.3 Å². The highest BCUT2D eigenvalue weighted by atomic mass is 127. The fraction of sp³-hybridized carbons (Fsp3) is 0.588. The number of halogens is 1. The number of ether oxygens (including phenoxy) is 1. The van der Waals surface area contributed by atoms with Crippen LogP contribution < -0.4 is 15.4 Å². The monoisotopic (exact) mass is 419 g/mol. The van der Waals surface area contributed by atoms with Crippen molar-refractivity contribution in [3.63, 3.8) is 0 Å². The van der Waals surface area contributed by atoms with E-state index in [-0.39, 0.29) is 24.0 Å². The molecule has 1 aromatic carbocycles. The van der Waals surface area contributed by atoms with Gasteiger partial charge in [-0.25, -0.2) is 4.99 Å². The van der Waals surface area contributed by atoms with Crippen molar-refractivity contribution in [3.8, 4) is 5.75 Å². The zero-order valence-corrected chi connectivity index (χ0v) is 16.7. The largest absolute Gasteiger partial charge is 0.491 e. The summed E-state index contributed by atoms with van der Waals surface area (Å²) in [6.07, 6.45) is 0. The lowest BCUT2D eigenvalue weighted by Gasteiger charge is -2.15. The maximum Gasteiger partial charge on any atom is 0.191 e. The van der Waals surface area contributed by atoms with Crippen molar-refractivity contribution in [2.75, 3.05) is 19.7 Å². The molecule has 0 amide bonds. The Hall–Kier alpha value is -0.980. The first-order valence-electron chi connectivity index (χ1n) is 7.81. The third-order valence-electron chi connectivity index (χ3n) is 2.93. The predicted octanol–water partition coefficient (Wildman–Crippen LogP) is 3.77. The van der Waals surface area contributed by atoms with Crippen LogP contribution in [-0.4, -0.2) is 31.7 Å². The van der Waals surface area contributed by atoms with E-state index in [4.69, 9.17) is 4.74 Å². The van der Waals surface area contributed by atoms with E-state index in [0.29, 0.717) is 25.1 Å². The summed E-state index contributed by atoms with van der Waals surface area (Å²) >= 11 is 0. The van der Waals surface area contributed by atoms with Gasteiger partial charge in [-0.15, -0.1) is 24.0 Å². The van der Waals surface area contributed by atoms with Gasteiger partial charge < -0.3 is 15.4 Å². The zero-order valence-electron chi connectivity index (χ0n) is 14.3. The Morgan fingerprint density at radius 3 is 2.45 bits per heavy atom. The summed E-state index contributed by atoms with van der Waals surface area (Å²) in [6, 6.07) is 8.57. The lowest BCUT2D eigenvalue weighted by Crippen LogP contribution is -2.41. The van der Waals surface area contributed by atoms with Gasteiger partial charge in [0.1, 0.15) is 12.4 Å². The van der Waals surface area contributed by atoms with Crippen LogP contribution in [-0.2, 0) is 0 Å². The number of guanidine groups is 1. The summed E-state index contributed by atoms with van der Waals surface area (Å²) in [5.41, 5.74) is 1.24. The van der Waals surface area contributed by atoms with Crippen LogP contribution in [0.1, 0.15) is 46.1 Å². The third kappa shape index (κ3) is 7.87. The standard InChI is InChI=1S/C17H29N3O.HI/c1-6-18-17(20-14(4)5)19-11-12-21-16-10-8-7-9-15(16)13(2)3;/h7-10,13-14H,6,11-12H2,1-5H3,(H2,18,19,20);1H. The average Bonchev–Trinajstić information content (AvgIpc) is 2.43. The number of benzene rings is 1. The summed E-state index contributed by atoms with van der Waals surface area (Å²) in [5, 5.41) is 6.52. The van der Waals surface area contributed by atoms with Gasteiger partial charge in [-0.3, -0.25) is 0 Å². The topological polar surface area (TPSA) is 45.7 Å². The van der Waals surface area contributed by atoms with Gasteiger partial charge >= 0.3 is 0 Å². The minimum absolute atomic E-state index is 0. The van der Waals surface area contributed by atoms with E-state index < -0.39 is 0 Å². The molecule has 0 heterocycles. The average molecular weight is 419 g/mol. The van der Waals surface area contributed by atoms with Crippen molar-refractivity contribution in [1.82, 2.24) is 10.6 Å². The third-order valence-corrected chi connectivity index (χ3v) is 2.93. The van der Waals surface area contributed by atoms with Gasteiger partial charge in [-0.2, -0.15) is 0 Å². The van der Waals surface area contributed by atoms with E-state index in [9.17, 15) is 0 Å². The first-order valence-corrected chi connectivity index (χ1v) is 7.81. The molecule has 0 saturated heterocycles. The van der Waals surface area contributed by atoms with Crippen molar-refractivity contribution < 1.29 is 4.74 Å². The van der Waals surface area contributed by atoms with Crippen LogP contribution >= 0.6 is 24.0 Å². The summed E-state index contributed by atoms with van der Waals surface area (Å²) < 4.78 is 5.87. The molecule has 0 fully saturated rings. The molecule has 0 unspecified atom stereocenters. The lowest BCUT2D eigenvalue weighted by atomic mass is 10.0. The molecule has 0 atom stereocenters. The molecule has 0 aliphatic heterocycles. The van der Waals surface area contributed by atoms with Crippen LogP contribution in [0.3, 0.4) is 0 Å². The van der Waals surface area contributed by atoms with Crippen molar-refractivity contribution >= 4 is 29.9 Å². The Morgan fingerprint density at radius 1 is 1.18 bits per heavy atom. The number of para-hydroxylation sites is 1. The Balaban J connectivity index is 0.00000441. The highest BCUT2D eigenvalue weighted by molar-refractivity contribution is 14.0. The predicted molar refractivity (Wildman–Crippen MR) is 106 cm³/mol. The highest BCUT2D eigenvalue weighted by Gasteiger charge is 2.06. The lowest BCUT2D eigenvalue weighted by molar-refractivity contribution is 0.323. The van der Waals surface area contributed by atoms with Crippen molar-refractivity contribution in [3.05, 3.63) is 29.8 Å². The van der Waals surface area contributed by atoms with Crippen molar-refractivity contribution in [1.29, 1.82) is 0 Å². The van der Waals surface area contributed by atoms with Gasteiger partial charge in [0.25, 0.3) is 0 Å². The summed E-state index contributed by atoms with van der Waals surface area (Å²) in [4.78, 5) is 4.51. The number of rotatable bonds is 7. The van der Waals surface area contributed by atoms with E-state index in [2.05, 4.69) is 62.4 Å². The van der Waals surface area contributed by atoms with Crippen LogP contribution in [0.25, 0.3) is 0 Å². The highest BCUT2D eigenvalue weighted by Crippen LogP contribution is 2.25. The van der Waals surface area contributed by atoms with Gasteiger partial charge in [0.2, 0.25) is 0 Å². The quantitative estimate of drug-likeness (QED) is 0.306. The minimum Gasteiger partial charge on any atom is -0.491 e. The van der Waals surface area contributed by atoms with Gasteiger partial charge in [0, 0.05) is 12.6 Å². The smallest absolute Gasteiger partial charge is 0.191 e. The first-order chi connectivity index (χ1) is 10.0. The summed E-state index contributed by atoms with van der Waals surface area (Å²) in [6.45, 7) is 12.7. The van der Waals surface area contributed by atoms with E-state index in [1.165, 1.54) is 5.56 Å². The second kappa shape index (κ2) is 11.6. The number of nitrogens with one attached hydrogen (secondary N) is 2. The fourth-order valence-corrected chi connectivity index (χ4v) is 2.00. The van der Waals surface area contributed by atoms with E-state index in [1.54, 1.807) is 0 Å². The zero-order chi connectivity index (χ0) is 15.7. The molecule has 0 aliphatic carbocycles. The van der Waals surface area contributed by atoms with Crippen LogP contribution in [0.15, 0.2) is 29.3 Å². The van der Waals surface area contributed by atoms with Crippen molar-refractivity contribution in [2.45, 2.75) is 46.6 Å². The molecule has 1 aromatic rings. The molecule has 126 valence electrons. The molecule has 4 nitrogen and oxygen atoms in total. The molecule has 0 saturated carbocycles. The maximum atomic E-state index is 5.87. The minimum atomic E-state index is 0. The van der Waals surface area contributed by atoms with Crippen LogP contribution in [0.4, 0.5) is 0 Å². The number of aliphatic imine (C=N–C) groups is 1. The van der Waals surface area contributed by atoms with Crippen LogP contribution in [0.5, 0.6) is 5.75 Å². The Labute approximate surface area is 152 Å². The van der Waals surface area contributed by atoms with E-state index >= 15 is 0 Å². The summed E-state index contributed by atoms with van der Waals surface area (Å²) in [5.74, 6) is 2.27. The molecule has 0 radical (unpaired) electrons. The molecule has 5 heteroatoms. The van der Waals surface area contributed by atoms with Crippen LogP contribution in [0.2, 0.25) is 0 Å². The van der Waals surface area contributed by atoms with Gasteiger partial charge in [-0.1, -0.05) is 32.0 Å². The molecule has 0 bridgehead atoms. The van der Waals surface area contributed by atoms with E-state index in [1.807, 2.05) is 12.1 Å². The molecule has 1 rings (SSSR count). The molecular weight excluding hydrogens is 389 g/mol. The maximum absolute atomic E-state index is 5.87. The second-order valence-corrected chi connectivity index (χ2v) is 5.60. The summed E-state index contributed by atoms with van der Waals surface area (Å²) in [7, 11) is 0. The Kier molecular flexibility index (Phi) is 11.1. The van der Waals surface area contributed by atoms with Gasteiger partial charge in [0.05, 0.1) is 6.54 Å². The normalized spacial score (nSPS) is 11.3. The SMILES string of the molecule is CCNC(=NCCOc1ccccc1C(C)C)NC(C)C.I. The Bertz CT molecular complexity index is 447. The van der Waals surface area contributed by atoms with Gasteiger partial charge in [-0.05, 0) is 38.3 Å². The molecule has 0 aliphatic rings. The number of hydrogen-bond donors (Lipinski definition) is 2. The van der Waals surface area contributed by atoms with Crippen molar-refractivity contribution in [2.24, 2.45) is 4.99 Å². The van der Waals surface area contributed by atoms with Crippen LogP contribution in [0, 0.1) is 0 Å².